The van der Waals surface area contributed by atoms with E-state index in [-0.39, 0.29) is 5.84 Å². The van der Waals surface area contributed by atoms with Crippen molar-refractivity contribution in [3.05, 3.63) is 29.7 Å². The van der Waals surface area contributed by atoms with Crippen LogP contribution in [0.4, 0.5) is 0 Å². The zero-order chi connectivity index (χ0) is 13.1. The highest BCUT2D eigenvalue weighted by Crippen LogP contribution is 2.11. The lowest BCUT2D eigenvalue weighted by Gasteiger charge is -2.06. The maximum atomic E-state index is 7.52. The first kappa shape index (κ1) is 12.2. The van der Waals surface area contributed by atoms with Crippen LogP contribution in [0.3, 0.4) is 0 Å². The van der Waals surface area contributed by atoms with E-state index in [1.165, 1.54) is 6.20 Å². The Labute approximate surface area is 105 Å². The van der Waals surface area contributed by atoms with Gasteiger partial charge in [-0.3, -0.25) is 5.41 Å². The number of aryl methyl sites for hydroxylation is 2. The van der Waals surface area contributed by atoms with E-state index in [0.29, 0.717) is 11.5 Å². The van der Waals surface area contributed by atoms with Gasteiger partial charge in [-0.1, -0.05) is 13.8 Å². The number of amidine groups is 1. The predicted octanol–water partition coefficient (Wildman–Crippen LogP) is 0.466. The van der Waals surface area contributed by atoms with Gasteiger partial charge in [0.25, 0.3) is 0 Å². The van der Waals surface area contributed by atoms with E-state index >= 15 is 0 Å². The van der Waals surface area contributed by atoms with Crippen LogP contribution in [-0.4, -0.2) is 30.6 Å². The normalized spacial score (nSPS) is 10.6. The maximum absolute atomic E-state index is 7.52. The van der Waals surface area contributed by atoms with Crippen molar-refractivity contribution in [1.29, 1.82) is 5.41 Å². The van der Waals surface area contributed by atoms with Crippen molar-refractivity contribution < 1.29 is 0 Å². The Kier molecular flexibility index (Phi) is 3.31. The molecule has 18 heavy (non-hydrogen) atoms. The number of nitrogen functional groups attached to an aromatic ring is 1. The maximum Gasteiger partial charge on any atom is 0.185 e. The standard InChI is InChI=1S/C11H15N7/c1-3-7-16-8(4-2)18(17-7)11-9(10(12)13)14-5-6-15-11/h5-6H,3-4H2,1-2H3,(H3,12,13). The van der Waals surface area contributed by atoms with E-state index in [2.05, 4.69) is 20.1 Å². The fourth-order valence-corrected chi connectivity index (χ4v) is 1.62. The molecule has 0 saturated carbocycles. The SMILES string of the molecule is CCc1nc(CC)n(-c2nccnc2C(=N)N)n1. The summed E-state index contributed by atoms with van der Waals surface area (Å²) in [6.45, 7) is 3.98. The predicted molar refractivity (Wildman–Crippen MR) is 66.7 cm³/mol. The topological polar surface area (TPSA) is 106 Å². The van der Waals surface area contributed by atoms with E-state index < -0.39 is 0 Å². The summed E-state index contributed by atoms with van der Waals surface area (Å²) in [6.07, 6.45) is 4.52. The van der Waals surface area contributed by atoms with E-state index in [9.17, 15) is 0 Å². The minimum Gasteiger partial charge on any atom is -0.382 e. The van der Waals surface area contributed by atoms with Gasteiger partial charge in [-0.2, -0.15) is 4.68 Å². The molecule has 0 spiro atoms. The summed E-state index contributed by atoms with van der Waals surface area (Å²) < 4.78 is 1.61. The van der Waals surface area contributed by atoms with Gasteiger partial charge in [-0.15, -0.1) is 5.10 Å². The molecule has 94 valence electrons. The lowest BCUT2D eigenvalue weighted by Crippen LogP contribution is -2.19. The molecule has 0 atom stereocenters. The fraction of sp³-hybridized carbons (Fsp3) is 0.364. The molecule has 2 aromatic heterocycles. The molecule has 2 heterocycles. The number of nitrogens with two attached hydrogens (primary N) is 1. The monoisotopic (exact) mass is 245 g/mol. The highest BCUT2D eigenvalue weighted by molar-refractivity contribution is 5.95. The van der Waals surface area contributed by atoms with Crippen LogP contribution in [-0.2, 0) is 12.8 Å². The third-order valence-corrected chi connectivity index (χ3v) is 2.49. The second-order valence-electron chi connectivity index (χ2n) is 3.71. The van der Waals surface area contributed by atoms with Crippen LogP contribution in [0, 0.1) is 5.41 Å². The van der Waals surface area contributed by atoms with Crippen LogP contribution in [0.5, 0.6) is 0 Å². The van der Waals surface area contributed by atoms with Gasteiger partial charge in [-0.25, -0.2) is 15.0 Å². The van der Waals surface area contributed by atoms with Crippen LogP contribution in [0.15, 0.2) is 12.4 Å². The molecule has 7 heteroatoms. The Morgan fingerprint density at radius 2 is 2.00 bits per heavy atom. The zero-order valence-corrected chi connectivity index (χ0v) is 10.4. The molecule has 0 amide bonds. The van der Waals surface area contributed by atoms with E-state index in [1.807, 2.05) is 13.8 Å². The second kappa shape index (κ2) is 4.91. The molecule has 2 aromatic rings. The number of nitrogens with one attached hydrogen (secondary N) is 1. The summed E-state index contributed by atoms with van der Waals surface area (Å²) in [6, 6.07) is 0. The summed E-state index contributed by atoms with van der Waals surface area (Å²) in [5, 5.41) is 11.9. The Bertz CT molecular complexity index is 573. The van der Waals surface area contributed by atoms with Gasteiger partial charge in [0.2, 0.25) is 0 Å². The Hall–Kier alpha value is -2.31. The van der Waals surface area contributed by atoms with Crippen LogP contribution in [0.25, 0.3) is 5.82 Å². The van der Waals surface area contributed by atoms with Crippen LogP contribution in [0.1, 0.15) is 31.2 Å². The van der Waals surface area contributed by atoms with Crippen molar-refractivity contribution in [2.24, 2.45) is 5.73 Å². The average molecular weight is 245 g/mol. The van der Waals surface area contributed by atoms with Gasteiger partial charge >= 0.3 is 0 Å². The highest BCUT2D eigenvalue weighted by Gasteiger charge is 2.15. The molecule has 0 unspecified atom stereocenters. The number of nitrogens with zero attached hydrogens (tertiary/aromatic N) is 5. The fourth-order valence-electron chi connectivity index (χ4n) is 1.62. The van der Waals surface area contributed by atoms with Crippen LogP contribution >= 0.6 is 0 Å². The number of aromatic nitrogens is 5. The molecule has 3 N–H and O–H groups in total. The summed E-state index contributed by atoms with van der Waals surface area (Å²) in [5.41, 5.74) is 5.82. The first-order chi connectivity index (χ1) is 8.67. The third kappa shape index (κ3) is 2.06. The molecule has 7 nitrogen and oxygen atoms in total. The van der Waals surface area contributed by atoms with Crippen molar-refractivity contribution in [2.75, 3.05) is 0 Å². The molecule has 0 aliphatic carbocycles. The minimum atomic E-state index is -0.131. The lowest BCUT2D eigenvalue weighted by atomic mass is 10.3. The van der Waals surface area contributed by atoms with Crippen molar-refractivity contribution in [3.63, 3.8) is 0 Å². The molecule has 0 saturated heterocycles. The molecule has 2 rings (SSSR count). The molecular formula is C11H15N7. The zero-order valence-electron chi connectivity index (χ0n) is 10.4. The Morgan fingerprint density at radius 1 is 1.28 bits per heavy atom. The van der Waals surface area contributed by atoms with Gasteiger partial charge in [-0.05, 0) is 0 Å². The minimum absolute atomic E-state index is 0.131. The summed E-state index contributed by atoms with van der Waals surface area (Å²) in [4.78, 5) is 12.7. The highest BCUT2D eigenvalue weighted by atomic mass is 15.4. The van der Waals surface area contributed by atoms with Crippen LogP contribution < -0.4 is 5.73 Å². The van der Waals surface area contributed by atoms with Crippen LogP contribution in [0.2, 0.25) is 0 Å². The third-order valence-electron chi connectivity index (χ3n) is 2.49. The molecule has 0 radical (unpaired) electrons. The van der Waals surface area contributed by atoms with E-state index in [1.54, 1.807) is 10.9 Å². The summed E-state index contributed by atoms with van der Waals surface area (Å²) in [7, 11) is 0. The first-order valence-corrected chi connectivity index (χ1v) is 5.77. The smallest absolute Gasteiger partial charge is 0.185 e. The van der Waals surface area contributed by atoms with Crippen molar-refractivity contribution in [3.8, 4) is 5.82 Å². The number of rotatable bonds is 4. The van der Waals surface area contributed by atoms with Gasteiger partial charge in [0.05, 0.1) is 0 Å². The molecule has 0 fully saturated rings. The molecule has 0 aromatic carbocycles. The van der Waals surface area contributed by atoms with Crippen molar-refractivity contribution >= 4 is 5.84 Å². The molecule has 0 aliphatic heterocycles. The Balaban J connectivity index is 2.61. The lowest BCUT2D eigenvalue weighted by molar-refractivity contribution is 0.761. The number of hydrogen-bond acceptors (Lipinski definition) is 5. The summed E-state index contributed by atoms with van der Waals surface area (Å²) >= 11 is 0. The van der Waals surface area contributed by atoms with Crippen molar-refractivity contribution in [2.45, 2.75) is 26.7 Å². The van der Waals surface area contributed by atoms with E-state index in [4.69, 9.17) is 11.1 Å². The number of hydrogen-bond donors (Lipinski definition) is 2. The average Bonchev–Trinajstić information content (AvgIpc) is 2.81. The second-order valence-corrected chi connectivity index (χ2v) is 3.71. The van der Waals surface area contributed by atoms with Gasteiger partial charge < -0.3 is 5.73 Å². The molecule has 0 aliphatic rings. The largest absolute Gasteiger partial charge is 0.382 e. The molecular weight excluding hydrogens is 230 g/mol. The van der Waals surface area contributed by atoms with E-state index in [0.717, 1.165) is 24.5 Å². The summed E-state index contributed by atoms with van der Waals surface area (Å²) in [5.74, 6) is 1.85. The van der Waals surface area contributed by atoms with Gasteiger partial charge in [0, 0.05) is 25.2 Å². The quantitative estimate of drug-likeness (QED) is 0.601. The Morgan fingerprint density at radius 3 is 2.61 bits per heavy atom. The van der Waals surface area contributed by atoms with Crippen molar-refractivity contribution in [1.82, 2.24) is 24.7 Å². The first-order valence-electron chi connectivity index (χ1n) is 5.77. The van der Waals surface area contributed by atoms with Gasteiger partial charge in [0.1, 0.15) is 17.4 Å². The van der Waals surface area contributed by atoms with Gasteiger partial charge in [0.15, 0.2) is 11.6 Å². The molecule has 0 bridgehead atoms.